The van der Waals surface area contributed by atoms with Crippen LogP contribution < -0.4 is 5.32 Å². The van der Waals surface area contributed by atoms with E-state index in [2.05, 4.69) is 5.32 Å². The molecule has 1 unspecified atom stereocenters. The third kappa shape index (κ3) is 11.7. The normalized spacial score (nSPS) is 13.0. The lowest BCUT2D eigenvalue weighted by atomic mass is 10.0. The van der Waals surface area contributed by atoms with Crippen LogP contribution in [0.2, 0.25) is 0 Å². The molecule has 1 rings (SSSR count). The lowest BCUT2D eigenvalue weighted by Gasteiger charge is -2.31. The van der Waals surface area contributed by atoms with Gasteiger partial charge in [-0.25, -0.2) is 4.79 Å². The molecular weight excluding hydrogens is 460 g/mol. The van der Waals surface area contributed by atoms with E-state index in [9.17, 15) is 24.3 Å². The summed E-state index contributed by atoms with van der Waals surface area (Å²) in [5.41, 5.74) is -0.0521. The maximum absolute atomic E-state index is 13.4. The van der Waals surface area contributed by atoms with Gasteiger partial charge < -0.3 is 34.3 Å². The molecule has 1 aromatic carbocycles. The predicted octanol–water partition coefficient (Wildman–Crippen LogP) is 2.18. The van der Waals surface area contributed by atoms with E-state index in [1.54, 1.807) is 45.0 Å². The van der Waals surface area contributed by atoms with Crippen molar-refractivity contribution in [3.63, 3.8) is 0 Å². The number of carboxylic acid groups (broad SMARTS) is 1. The van der Waals surface area contributed by atoms with E-state index in [1.807, 2.05) is 6.07 Å². The zero-order valence-corrected chi connectivity index (χ0v) is 21.1. The minimum Gasteiger partial charge on any atom is -0.481 e. The number of nitrogens with one attached hydrogen (secondary N) is 1. The molecule has 0 saturated heterocycles. The first-order valence-corrected chi connectivity index (χ1v) is 11.1. The van der Waals surface area contributed by atoms with Gasteiger partial charge in [-0.2, -0.15) is 0 Å². The second-order valence-corrected chi connectivity index (χ2v) is 8.94. The summed E-state index contributed by atoms with van der Waals surface area (Å²) < 4.78 is 20.8. The summed E-state index contributed by atoms with van der Waals surface area (Å²) in [4.78, 5) is 50.9. The summed E-state index contributed by atoms with van der Waals surface area (Å²) >= 11 is 0. The number of esters is 1. The van der Waals surface area contributed by atoms with Gasteiger partial charge in [-0.3, -0.25) is 14.4 Å². The van der Waals surface area contributed by atoms with E-state index in [0.29, 0.717) is 0 Å². The summed E-state index contributed by atoms with van der Waals surface area (Å²) in [6, 6.07) is 7.63. The molecule has 0 spiro atoms. The average molecular weight is 497 g/mol. The summed E-state index contributed by atoms with van der Waals surface area (Å²) in [6.07, 6.45) is -2.01. The van der Waals surface area contributed by atoms with Gasteiger partial charge in [0.1, 0.15) is 24.8 Å². The number of amides is 2. The number of rotatable bonds is 13. The van der Waals surface area contributed by atoms with Crippen LogP contribution >= 0.6 is 0 Å². The van der Waals surface area contributed by atoms with E-state index < -0.39 is 54.3 Å². The lowest BCUT2D eigenvalue weighted by molar-refractivity contribution is -0.164. The number of alkyl carbamates (subject to hydrolysis) is 1. The molecule has 35 heavy (non-hydrogen) atoms. The quantitative estimate of drug-likeness (QED) is 0.310. The van der Waals surface area contributed by atoms with Crippen LogP contribution in [-0.2, 0) is 39.9 Å². The van der Waals surface area contributed by atoms with Gasteiger partial charge >= 0.3 is 18.0 Å². The van der Waals surface area contributed by atoms with Crippen LogP contribution in [0.4, 0.5) is 4.79 Å². The van der Waals surface area contributed by atoms with E-state index in [4.69, 9.17) is 18.9 Å². The summed E-state index contributed by atoms with van der Waals surface area (Å²) in [7, 11) is 2.74. The van der Waals surface area contributed by atoms with Crippen LogP contribution in [0, 0.1) is 5.92 Å². The highest BCUT2D eigenvalue weighted by Crippen LogP contribution is 2.13. The number of nitrogens with zero attached hydrogens (tertiary/aromatic N) is 1. The first-order chi connectivity index (χ1) is 16.4. The largest absolute Gasteiger partial charge is 0.481 e. The first kappa shape index (κ1) is 29.9. The molecule has 0 fully saturated rings. The fourth-order valence-corrected chi connectivity index (χ4v) is 2.99. The van der Waals surface area contributed by atoms with Gasteiger partial charge in [0.05, 0.1) is 12.5 Å². The molecule has 2 atom stereocenters. The van der Waals surface area contributed by atoms with Gasteiger partial charge in [-0.05, 0) is 32.8 Å². The van der Waals surface area contributed by atoms with Crippen LogP contribution in [0.15, 0.2) is 30.3 Å². The topological polar surface area (TPSA) is 141 Å². The number of hydrogen-bond acceptors (Lipinski definition) is 8. The van der Waals surface area contributed by atoms with Crippen molar-refractivity contribution in [1.29, 1.82) is 0 Å². The molecule has 2 N–H and O–H groups in total. The number of ether oxygens (including phenoxy) is 4. The van der Waals surface area contributed by atoms with Crippen molar-refractivity contribution < 1.29 is 43.2 Å². The number of benzene rings is 1. The molecule has 0 saturated carbocycles. The Labute approximate surface area is 205 Å². The average Bonchev–Trinajstić information content (AvgIpc) is 2.78. The van der Waals surface area contributed by atoms with Crippen LogP contribution in [0.25, 0.3) is 0 Å². The molecule has 0 heterocycles. The second-order valence-electron chi connectivity index (χ2n) is 8.94. The van der Waals surface area contributed by atoms with Crippen molar-refractivity contribution in [2.45, 2.75) is 58.7 Å². The number of methoxy groups -OCH3 is 2. The van der Waals surface area contributed by atoms with E-state index >= 15 is 0 Å². The third-order valence-electron chi connectivity index (χ3n) is 4.76. The minimum absolute atomic E-state index is 0.0425. The lowest BCUT2D eigenvalue weighted by Crippen LogP contribution is -2.53. The van der Waals surface area contributed by atoms with Crippen molar-refractivity contribution in [3.05, 3.63) is 35.9 Å². The van der Waals surface area contributed by atoms with Crippen LogP contribution in [-0.4, -0.2) is 79.2 Å². The van der Waals surface area contributed by atoms with Gasteiger partial charge in [-0.15, -0.1) is 0 Å². The van der Waals surface area contributed by atoms with E-state index in [0.717, 1.165) is 10.5 Å². The smallest absolute Gasteiger partial charge is 0.408 e. The van der Waals surface area contributed by atoms with Crippen LogP contribution in [0.5, 0.6) is 0 Å². The highest BCUT2D eigenvalue weighted by molar-refractivity contribution is 5.89. The SMILES string of the molecule is COC(CN(CC(=O)OC(C)(C)C)C(=O)[C@@H](CC(C)C(=O)O)NC(=O)OCc1ccccc1)OC. The molecule has 196 valence electrons. The molecule has 0 aliphatic heterocycles. The summed E-state index contributed by atoms with van der Waals surface area (Å²) in [5.74, 6) is -3.51. The Bertz CT molecular complexity index is 835. The van der Waals surface area contributed by atoms with Gasteiger partial charge in [0.15, 0.2) is 6.29 Å². The number of carboxylic acids is 1. The molecule has 11 nitrogen and oxygen atoms in total. The monoisotopic (exact) mass is 496 g/mol. The summed E-state index contributed by atoms with van der Waals surface area (Å²) in [5, 5.41) is 11.8. The number of hydrogen-bond donors (Lipinski definition) is 2. The van der Waals surface area contributed by atoms with Crippen molar-refractivity contribution in [2.24, 2.45) is 5.92 Å². The maximum Gasteiger partial charge on any atom is 0.408 e. The van der Waals surface area contributed by atoms with Gasteiger partial charge in [-0.1, -0.05) is 37.3 Å². The fourth-order valence-electron chi connectivity index (χ4n) is 2.99. The molecule has 1 aromatic rings. The molecule has 11 heteroatoms. The highest BCUT2D eigenvalue weighted by atomic mass is 16.7. The van der Waals surface area contributed by atoms with Gasteiger partial charge in [0.25, 0.3) is 0 Å². The Morgan fingerprint density at radius 3 is 2.17 bits per heavy atom. The van der Waals surface area contributed by atoms with Crippen molar-refractivity contribution in [2.75, 3.05) is 27.3 Å². The van der Waals surface area contributed by atoms with Crippen molar-refractivity contribution in [1.82, 2.24) is 10.2 Å². The van der Waals surface area contributed by atoms with E-state index in [1.165, 1.54) is 21.1 Å². The summed E-state index contributed by atoms with van der Waals surface area (Å²) in [6.45, 7) is 5.80. The van der Waals surface area contributed by atoms with Gasteiger partial charge in [0.2, 0.25) is 5.91 Å². The number of carbonyl (C=O) groups excluding carboxylic acids is 3. The molecule has 0 aliphatic carbocycles. The van der Waals surface area contributed by atoms with Crippen molar-refractivity contribution in [3.8, 4) is 0 Å². The predicted molar refractivity (Wildman–Crippen MR) is 125 cm³/mol. The highest BCUT2D eigenvalue weighted by Gasteiger charge is 2.33. The number of carbonyl (C=O) groups is 4. The van der Waals surface area contributed by atoms with Crippen molar-refractivity contribution >= 4 is 23.9 Å². The third-order valence-corrected chi connectivity index (χ3v) is 4.76. The van der Waals surface area contributed by atoms with Crippen LogP contribution in [0.1, 0.15) is 39.7 Å². The Kier molecular flexibility index (Phi) is 12.2. The molecule has 2 amide bonds. The molecule has 0 aliphatic rings. The Hall–Kier alpha value is -3.18. The molecule has 0 aromatic heterocycles. The zero-order valence-electron chi connectivity index (χ0n) is 21.1. The van der Waals surface area contributed by atoms with E-state index in [-0.39, 0.29) is 19.6 Å². The number of aliphatic carboxylic acids is 1. The molecular formula is C24H36N2O9. The Balaban J connectivity index is 3.07. The Morgan fingerprint density at radius 1 is 1.06 bits per heavy atom. The zero-order chi connectivity index (χ0) is 26.6. The van der Waals surface area contributed by atoms with Crippen LogP contribution in [0.3, 0.4) is 0 Å². The maximum atomic E-state index is 13.4. The first-order valence-electron chi connectivity index (χ1n) is 11.1. The Morgan fingerprint density at radius 2 is 1.66 bits per heavy atom. The minimum atomic E-state index is -1.29. The fraction of sp³-hybridized carbons (Fsp3) is 0.583. The standard InChI is InChI=1S/C24H36N2O9/c1-16(22(29)30)12-18(25-23(31)34-15-17-10-8-7-9-11-17)21(28)26(14-20(32-5)33-6)13-19(27)35-24(2,3)4/h7-11,16,18,20H,12-15H2,1-6H3,(H,25,31)(H,29,30)/t16?,18-/m1/s1. The second kappa shape index (κ2) is 14.3. The molecule has 0 radical (unpaired) electrons. The van der Waals surface area contributed by atoms with Gasteiger partial charge in [0, 0.05) is 14.2 Å². The molecule has 0 bridgehead atoms.